The second-order valence-electron chi connectivity index (χ2n) is 8.36. The quantitative estimate of drug-likeness (QED) is 0.346. The summed E-state index contributed by atoms with van der Waals surface area (Å²) in [4.78, 5) is 15.9. The lowest BCUT2D eigenvalue weighted by molar-refractivity contribution is 0.298. The summed E-state index contributed by atoms with van der Waals surface area (Å²) in [7, 11) is -3.58. The van der Waals surface area contributed by atoms with Gasteiger partial charge in [0.15, 0.2) is 14.9 Å². The van der Waals surface area contributed by atoms with Crippen molar-refractivity contribution in [3.8, 4) is 17.5 Å². The molecule has 1 saturated carbocycles. The first kappa shape index (κ1) is 22.1. The number of hydrogen-bond acceptors (Lipinski definition) is 9. The van der Waals surface area contributed by atoms with E-state index in [0.29, 0.717) is 36.4 Å². The van der Waals surface area contributed by atoms with Crippen molar-refractivity contribution in [2.24, 2.45) is 5.92 Å². The van der Waals surface area contributed by atoms with Crippen LogP contribution in [0.1, 0.15) is 24.1 Å². The minimum Gasteiger partial charge on any atom is -0.444 e. The van der Waals surface area contributed by atoms with Gasteiger partial charge in [0, 0.05) is 43.0 Å². The number of fused-ring (bicyclic) bond motifs is 1. The van der Waals surface area contributed by atoms with Gasteiger partial charge in [-0.1, -0.05) is 0 Å². The highest BCUT2D eigenvalue weighted by atomic mass is 32.2. The van der Waals surface area contributed by atoms with Crippen LogP contribution in [0.4, 0.5) is 5.69 Å². The Balaban J connectivity index is 1.32. The molecule has 0 aromatic carbocycles. The van der Waals surface area contributed by atoms with Crippen molar-refractivity contribution < 1.29 is 17.9 Å². The number of aliphatic hydroxyl groups is 1. The number of pyridine rings is 2. The Kier molecular flexibility index (Phi) is 5.77. The molecule has 5 rings (SSSR count). The van der Waals surface area contributed by atoms with Crippen LogP contribution >= 0.6 is 0 Å². The zero-order valence-corrected chi connectivity index (χ0v) is 18.9. The average Bonchev–Trinajstić information content (AvgIpc) is 3.47. The van der Waals surface area contributed by atoms with Gasteiger partial charge in [-0.05, 0) is 37.0 Å². The van der Waals surface area contributed by atoms with Crippen molar-refractivity contribution in [1.29, 1.82) is 5.26 Å². The lowest BCUT2D eigenvalue weighted by atomic mass is 9.81. The van der Waals surface area contributed by atoms with Crippen molar-refractivity contribution in [2.45, 2.75) is 30.3 Å². The van der Waals surface area contributed by atoms with Crippen LogP contribution < -0.4 is 5.32 Å². The summed E-state index contributed by atoms with van der Waals surface area (Å²) in [6, 6.07) is 6.74. The van der Waals surface area contributed by atoms with Gasteiger partial charge >= 0.3 is 0 Å². The number of aromatic nitrogens is 4. The number of nitrogens with one attached hydrogen (secondary N) is 2. The number of rotatable bonds is 8. The van der Waals surface area contributed by atoms with Gasteiger partial charge < -0.3 is 19.8 Å². The summed E-state index contributed by atoms with van der Waals surface area (Å²) in [6.07, 6.45) is 8.10. The van der Waals surface area contributed by atoms with Crippen LogP contribution in [0.2, 0.25) is 0 Å². The normalized spacial score (nSPS) is 17.9. The maximum atomic E-state index is 12.8. The molecule has 34 heavy (non-hydrogen) atoms. The van der Waals surface area contributed by atoms with E-state index in [1.54, 1.807) is 12.4 Å². The maximum Gasteiger partial charge on any atom is 0.229 e. The fourth-order valence-electron chi connectivity index (χ4n) is 4.22. The van der Waals surface area contributed by atoms with Crippen LogP contribution in [0.3, 0.4) is 0 Å². The maximum absolute atomic E-state index is 12.8. The molecule has 4 heterocycles. The van der Waals surface area contributed by atoms with Crippen LogP contribution in [0, 0.1) is 17.2 Å². The third-order valence-electron chi connectivity index (χ3n) is 5.96. The van der Waals surface area contributed by atoms with Gasteiger partial charge in [-0.3, -0.25) is 0 Å². The Labute approximate surface area is 195 Å². The van der Waals surface area contributed by atoms with E-state index in [4.69, 9.17) is 14.8 Å². The fourth-order valence-corrected chi connectivity index (χ4v) is 5.82. The van der Waals surface area contributed by atoms with Crippen molar-refractivity contribution >= 4 is 26.6 Å². The summed E-state index contributed by atoms with van der Waals surface area (Å²) < 4.78 is 31.2. The molecule has 4 aromatic heterocycles. The van der Waals surface area contributed by atoms with Crippen LogP contribution in [-0.4, -0.2) is 51.9 Å². The molecule has 11 heteroatoms. The van der Waals surface area contributed by atoms with Crippen LogP contribution in [0.15, 0.2) is 52.5 Å². The number of hydrogen-bond donors (Lipinski definition) is 3. The first-order chi connectivity index (χ1) is 16.5. The minimum absolute atomic E-state index is 0.0138. The zero-order valence-electron chi connectivity index (χ0n) is 18.1. The summed E-state index contributed by atoms with van der Waals surface area (Å²) >= 11 is 0. The van der Waals surface area contributed by atoms with E-state index in [0.717, 1.165) is 16.7 Å². The Bertz CT molecular complexity index is 1480. The zero-order chi connectivity index (χ0) is 23.7. The van der Waals surface area contributed by atoms with Crippen molar-refractivity contribution in [3.05, 3.63) is 54.3 Å². The molecule has 3 N–H and O–H groups in total. The molecule has 0 bridgehead atoms. The fraction of sp³-hybridized carbons (Fsp3) is 0.304. The van der Waals surface area contributed by atoms with Gasteiger partial charge in [0.05, 0.1) is 34.3 Å². The van der Waals surface area contributed by atoms with Crippen LogP contribution in [0.25, 0.3) is 22.5 Å². The number of nitriles is 1. The van der Waals surface area contributed by atoms with E-state index in [-0.39, 0.29) is 34.9 Å². The van der Waals surface area contributed by atoms with Crippen molar-refractivity contribution in [3.63, 3.8) is 0 Å². The van der Waals surface area contributed by atoms with Gasteiger partial charge in [0.1, 0.15) is 11.9 Å². The monoisotopic (exact) mass is 478 g/mol. The molecule has 0 amide bonds. The first-order valence-corrected chi connectivity index (χ1v) is 12.5. The molecular formula is C23H22N6O4S. The van der Waals surface area contributed by atoms with E-state index in [1.807, 2.05) is 12.1 Å². The SMILES string of the molecule is N#Cc1ccnc(S(=O)(=O)CC2CC(Nc3c(-c4nc(CCO)co4)cnc4[nH]ccc34)C2)c1. The number of anilines is 1. The Morgan fingerprint density at radius 1 is 1.29 bits per heavy atom. The van der Waals surface area contributed by atoms with Crippen molar-refractivity contribution in [2.75, 3.05) is 17.7 Å². The smallest absolute Gasteiger partial charge is 0.229 e. The molecule has 0 aliphatic heterocycles. The highest BCUT2D eigenvalue weighted by Crippen LogP contribution is 2.38. The van der Waals surface area contributed by atoms with Gasteiger partial charge in [-0.25, -0.2) is 23.4 Å². The number of aromatic amines is 1. The minimum atomic E-state index is -3.58. The van der Waals surface area contributed by atoms with E-state index in [2.05, 4.69) is 25.3 Å². The second-order valence-corrected chi connectivity index (χ2v) is 10.3. The molecule has 10 nitrogen and oxygen atoms in total. The lowest BCUT2D eigenvalue weighted by Gasteiger charge is -2.36. The predicted molar refractivity (Wildman–Crippen MR) is 124 cm³/mol. The number of aliphatic hydroxyl groups excluding tert-OH is 1. The van der Waals surface area contributed by atoms with Crippen molar-refractivity contribution in [1.82, 2.24) is 19.9 Å². The topological polar surface area (TPSA) is 158 Å². The summed E-state index contributed by atoms with van der Waals surface area (Å²) in [6.45, 7) is -0.0190. The van der Waals surface area contributed by atoms with Gasteiger partial charge in [-0.15, -0.1) is 0 Å². The molecule has 1 aliphatic carbocycles. The summed E-state index contributed by atoms with van der Waals surface area (Å²) in [5.74, 6) is 0.378. The molecule has 1 fully saturated rings. The van der Waals surface area contributed by atoms with E-state index in [9.17, 15) is 8.42 Å². The van der Waals surface area contributed by atoms with Crippen LogP contribution in [0.5, 0.6) is 0 Å². The largest absolute Gasteiger partial charge is 0.444 e. The number of nitrogens with zero attached hydrogens (tertiary/aromatic N) is 4. The highest BCUT2D eigenvalue weighted by molar-refractivity contribution is 7.91. The third kappa shape index (κ3) is 4.25. The molecule has 1 aliphatic rings. The second kappa shape index (κ2) is 8.89. The Morgan fingerprint density at radius 2 is 2.15 bits per heavy atom. The Morgan fingerprint density at radius 3 is 2.94 bits per heavy atom. The number of oxazole rings is 1. The molecule has 0 spiro atoms. The highest BCUT2D eigenvalue weighted by Gasteiger charge is 2.35. The molecule has 0 atom stereocenters. The molecular weight excluding hydrogens is 456 g/mol. The van der Waals surface area contributed by atoms with E-state index >= 15 is 0 Å². The average molecular weight is 479 g/mol. The van der Waals surface area contributed by atoms with Crippen LogP contribution in [-0.2, 0) is 16.3 Å². The molecule has 0 unspecified atom stereocenters. The predicted octanol–water partition coefficient (Wildman–Crippen LogP) is 2.68. The number of sulfone groups is 1. The third-order valence-corrected chi connectivity index (χ3v) is 7.73. The van der Waals surface area contributed by atoms with E-state index < -0.39 is 9.84 Å². The molecule has 0 radical (unpaired) electrons. The number of H-pyrrole nitrogens is 1. The molecule has 0 saturated heterocycles. The van der Waals surface area contributed by atoms with Gasteiger partial charge in [0.2, 0.25) is 5.89 Å². The standard InChI is InChI=1S/C23H22N6O4S/c24-10-14-1-4-25-20(9-14)34(31,32)13-15-7-17(8-15)28-21-18-2-5-26-22(18)27-11-19(21)23-29-16(3-6-30)12-33-23/h1-2,4-5,9,11-12,15,17,30H,3,6-8,13H2,(H2,26,27,28). The summed E-state index contributed by atoms with van der Waals surface area (Å²) in [5.41, 5.74) is 3.16. The summed E-state index contributed by atoms with van der Waals surface area (Å²) in [5, 5.41) is 22.5. The Hall–Kier alpha value is -3.75. The lowest BCUT2D eigenvalue weighted by Crippen LogP contribution is -2.39. The van der Waals surface area contributed by atoms with E-state index in [1.165, 1.54) is 24.6 Å². The molecule has 4 aromatic rings. The molecule has 174 valence electrons. The van der Waals surface area contributed by atoms with Gasteiger partial charge in [0.25, 0.3) is 0 Å². The first-order valence-electron chi connectivity index (χ1n) is 10.8. The van der Waals surface area contributed by atoms with Gasteiger partial charge in [-0.2, -0.15) is 5.26 Å².